The lowest BCUT2D eigenvalue weighted by Crippen LogP contribution is -2.11. The highest BCUT2D eigenvalue weighted by Gasteiger charge is 2.07. The second-order valence-electron chi connectivity index (χ2n) is 4.46. The van der Waals surface area contributed by atoms with Crippen LogP contribution in [0.4, 0.5) is 0 Å². The van der Waals surface area contributed by atoms with Crippen LogP contribution in [0.2, 0.25) is 0 Å². The SMILES string of the molecule is CCc1ccc(COc2ccc(Br)cc2C(N)=S)cc1. The maximum atomic E-state index is 5.82. The molecule has 20 heavy (non-hydrogen) atoms. The van der Waals surface area contributed by atoms with Crippen molar-refractivity contribution in [2.75, 3.05) is 0 Å². The molecule has 0 radical (unpaired) electrons. The van der Waals surface area contributed by atoms with Crippen molar-refractivity contribution in [3.8, 4) is 5.75 Å². The van der Waals surface area contributed by atoms with Crippen molar-refractivity contribution in [1.82, 2.24) is 0 Å². The van der Waals surface area contributed by atoms with Crippen LogP contribution in [0.5, 0.6) is 5.75 Å². The quantitative estimate of drug-likeness (QED) is 0.820. The van der Waals surface area contributed by atoms with Crippen LogP contribution in [-0.4, -0.2) is 4.99 Å². The average Bonchev–Trinajstić information content (AvgIpc) is 2.46. The lowest BCUT2D eigenvalue weighted by Gasteiger charge is -2.11. The number of rotatable bonds is 5. The van der Waals surface area contributed by atoms with Crippen molar-refractivity contribution in [3.63, 3.8) is 0 Å². The van der Waals surface area contributed by atoms with E-state index in [9.17, 15) is 0 Å². The first-order chi connectivity index (χ1) is 9.60. The maximum absolute atomic E-state index is 5.82. The molecular weight excluding hydrogens is 334 g/mol. The van der Waals surface area contributed by atoms with Crippen molar-refractivity contribution < 1.29 is 4.74 Å². The summed E-state index contributed by atoms with van der Waals surface area (Å²) in [5.41, 5.74) is 8.92. The fourth-order valence-electron chi connectivity index (χ4n) is 1.85. The highest BCUT2D eigenvalue weighted by atomic mass is 79.9. The van der Waals surface area contributed by atoms with Crippen molar-refractivity contribution >= 4 is 33.1 Å². The molecular formula is C16H16BrNOS. The minimum Gasteiger partial charge on any atom is -0.488 e. The zero-order chi connectivity index (χ0) is 14.5. The van der Waals surface area contributed by atoms with Crippen LogP contribution in [0.1, 0.15) is 23.6 Å². The first-order valence-corrected chi connectivity index (χ1v) is 7.60. The van der Waals surface area contributed by atoms with Crippen LogP contribution in [0.25, 0.3) is 0 Å². The maximum Gasteiger partial charge on any atom is 0.130 e. The van der Waals surface area contributed by atoms with Gasteiger partial charge >= 0.3 is 0 Å². The van der Waals surface area contributed by atoms with Gasteiger partial charge in [-0.2, -0.15) is 0 Å². The van der Waals surface area contributed by atoms with E-state index in [-0.39, 0.29) is 0 Å². The van der Waals surface area contributed by atoms with Crippen LogP contribution >= 0.6 is 28.1 Å². The number of halogens is 1. The van der Waals surface area contributed by atoms with Crippen LogP contribution in [0.3, 0.4) is 0 Å². The summed E-state index contributed by atoms with van der Waals surface area (Å²) in [6, 6.07) is 14.1. The Hall–Kier alpha value is -1.39. The Kier molecular flexibility index (Phi) is 5.15. The fourth-order valence-corrected chi connectivity index (χ4v) is 2.37. The smallest absolute Gasteiger partial charge is 0.130 e. The van der Waals surface area contributed by atoms with E-state index < -0.39 is 0 Å². The Balaban J connectivity index is 2.12. The Labute approximate surface area is 133 Å². The van der Waals surface area contributed by atoms with E-state index in [4.69, 9.17) is 22.7 Å². The van der Waals surface area contributed by atoms with Gasteiger partial charge in [0.15, 0.2) is 0 Å². The van der Waals surface area contributed by atoms with E-state index >= 15 is 0 Å². The molecule has 4 heteroatoms. The molecule has 104 valence electrons. The highest BCUT2D eigenvalue weighted by Crippen LogP contribution is 2.24. The van der Waals surface area contributed by atoms with Crippen LogP contribution in [-0.2, 0) is 13.0 Å². The molecule has 0 bridgehead atoms. The summed E-state index contributed by atoms with van der Waals surface area (Å²) in [4.78, 5) is 0.336. The Bertz CT molecular complexity index is 610. The molecule has 2 rings (SSSR count). The standard InChI is InChI=1S/C16H16BrNOS/c1-2-11-3-5-12(6-4-11)10-19-15-8-7-13(17)9-14(15)16(18)20/h3-9H,2,10H2,1H3,(H2,18,20). The molecule has 0 spiro atoms. The van der Waals surface area contributed by atoms with Crippen molar-refractivity contribution in [2.45, 2.75) is 20.0 Å². The van der Waals surface area contributed by atoms with E-state index in [1.165, 1.54) is 5.56 Å². The number of nitrogens with two attached hydrogens (primary N) is 1. The second-order valence-corrected chi connectivity index (χ2v) is 5.82. The largest absolute Gasteiger partial charge is 0.488 e. The monoisotopic (exact) mass is 349 g/mol. The number of thiocarbonyl (C=S) groups is 1. The van der Waals surface area contributed by atoms with E-state index in [1.54, 1.807) is 0 Å². The van der Waals surface area contributed by atoms with Gasteiger partial charge < -0.3 is 10.5 Å². The van der Waals surface area contributed by atoms with Gasteiger partial charge in [-0.1, -0.05) is 59.3 Å². The minimum absolute atomic E-state index is 0.336. The molecule has 2 N–H and O–H groups in total. The number of ether oxygens (including phenoxy) is 1. The molecule has 2 aromatic rings. The van der Waals surface area contributed by atoms with Crippen LogP contribution in [0, 0.1) is 0 Å². The third-order valence-electron chi connectivity index (χ3n) is 3.03. The zero-order valence-corrected chi connectivity index (χ0v) is 13.6. The molecule has 0 aliphatic heterocycles. The number of hydrogen-bond donors (Lipinski definition) is 1. The molecule has 0 aliphatic rings. The lowest BCUT2D eigenvalue weighted by atomic mass is 10.1. The molecule has 0 aliphatic carbocycles. The summed E-state index contributed by atoms with van der Waals surface area (Å²) < 4.78 is 6.76. The van der Waals surface area contributed by atoms with Crippen molar-refractivity contribution in [2.24, 2.45) is 5.73 Å². The minimum atomic E-state index is 0.336. The first kappa shape index (κ1) is 15.0. The van der Waals surface area contributed by atoms with Gasteiger partial charge in [-0.25, -0.2) is 0 Å². The summed E-state index contributed by atoms with van der Waals surface area (Å²) >= 11 is 8.46. The Morgan fingerprint density at radius 3 is 2.40 bits per heavy atom. The second kappa shape index (κ2) is 6.86. The van der Waals surface area contributed by atoms with Crippen molar-refractivity contribution in [1.29, 1.82) is 0 Å². The van der Waals surface area contributed by atoms with Gasteiger partial charge in [-0.05, 0) is 35.7 Å². The van der Waals surface area contributed by atoms with E-state index in [0.29, 0.717) is 17.3 Å². The number of benzene rings is 2. The third kappa shape index (κ3) is 3.81. The lowest BCUT2D eigenvalue weighted by molar-refractivity contribution is 0.305. The third-order valence-corrected chi connectivity index (χ3v) is 3.75. The van der Waals surface area contributed by atoms with Gasteiger partial charge in [0.2, 0.25) is 0 Å². The molecule has 0 heterocycles. The molecule has 0 fully saturated rings. The summed E-state index contributed by atoms with van der Waals surface area (Å²) in [7, 11) is 0. The van der Waals surface area contributed by atoms with Gasteiger partial charge in [0.1, 0.15) is 17.3 Å². The predicted molar refractivity (Wildman–Crippen MR) is 90.2 cm³/mol. The van der Waals surface area contributed by atoms with Gasteiger partial charge in [0.05, 0.1) is 5.56 Å². The van der Waals surface area contributed by atoms with Crippen molar-refractivity contribution in [3.05, 3.63) is 63.6 Å². The average molecular weight is 350 g/mol. The predicted octanol–water partition coefficient (Wildman–Crippen LogP) is 4.22. The molecule has 0 saturated heterocycles. The molecule has 0 saturated carbocycles. The van der Waals surface area contributed by atoms with Gasteiger partial charge in [0.25, 0.3) is 0 Å². The molecule has 0 aromatic heterocycles. The first-order valence-electron chi connectivity index (χ1n) is 6.40. The van der Waals surface area contributed by atoms with Crippen LogP contribution < -0.4 is 10.5 Å². The number of hydrogen-bond acceptors (Lipinski definition) is 2. The van der Waals surface area contributed by atoms with Gasteiger partial charge in [0, 0.05) is 4.47 Å². The van der Waals surface area contributed by atoms with Gasteiger partial charge in [-0.15, -0.1) is 0 Å². The van der Waals surface area contributed by atoms with E-state index in [1.807, 2.05) is 18.2 Å². The molecule has 0 unspecified atom stereocenters. The molecule has 2 nitrogen and oxygen atoms in total. The summed E-state index contributed by atoms with van der Waals surface area (Å²) in [5, 5.41) is 0. The molecule has 0 amide bonds. The number of aryl methyl sites for hydroxylation is 1. The van der Waals surface area contributed by atoms with E-state index in [0.717, 1.165) is 22.0 Å². The molecule has 0 atom stereocenters. The topological polar surface area (TPSA) is 35.2 Å². The highest BCUT2D eigenvalue weighted by molar-refractivity contribution is 9.10. The fraction of sp³-hybridized carbons (Fsp3) is 0.188. The zero-order valence-electron chi connectivity index (χ0n) is 11.2. The summed E-state index contributed by atoms with van der Waals surface area (Å²) in [6.45, 7) is 2.64. The van der Waals surface area contributed by atoms with Crippen LogP contribution in [0.15, 0.2) is 46.9 Å². The Morgan fingerprint density at radius 2 is 1.80 bits per heavy atom. The normalized spacial score (nSPS) is 10.3. The Morgan fingerprint density at radius 1 is 1.15 bits per heavy atom. The summed E-state index contributed by atoms with van der Waals surface area (Å²) in [6.07, 6.45) is 1.04. The summed E-state index contributed by atoms with van der Waals surface area (Å²) in [5.74, 6) is 0.709. The molecule has 2 aromatic carbocycles. The van der Waals surface area contributed by atoms with E-state index in [2.05, 4.69) is 47.1 Å². The van der Waals surface area contributed by atoms with Gasteiger partial charge in [-0.3, -0.25) is 0 Å².